The van der Waals surface area contributed by atoms with Crippen molar-refractivity contribution in [2.75, 3.05) is 0 Å². The van der Waals surface area contributed by atoms with E-state index in [4.69, 9.17) is 0 Å². The Bertz CT molecular complexity index is 712. The van der Waals surface area contributed by atoms with E-state index >= 15 is 0 Å². The SMILES string of the molecule is CCCc1nn2c(C)c(-c3ccc(F)cc3)nc2s1. The largest absolute Gasteiger partial charge is 0.217 e. The molecule has 0 bridgehead atoms. The highest BCUT2D eigenvalue weighted by Gasteiger charge is 2.14. The van der Waals surface area contributed by atoms with E-state index < -0.39 is 0 Å². The Kier molecular flexibility index (Phi) is 3.06. The molecule has 0 aliphatic carbocycles. The summed E-state index contributed by atoms with van der Waals surface area (Å²) >= 11 is 1.62. The molecule has 0 amide bonds. The summed E-state index contributed by atoms with van der Waals surface area (Å²) in [5, 5.41) is 5.67. The van der Waals surface area contributed by atoms with Gasteiger partial charge in [0.1, 0.15) is 10.8 Å². The molecule has 0 atom stereocenters. The van der Waals surface area contributed by atoms with Gasteiger partial charge in [0.05, 0.1) is 11.4 Å². The Morgan fingerprint density at radius 1 is 1.26 bits per heavy atom. The van der Waals surface area contributed by atoms with Crippen LogP contribution in [0.1, 0.15) is 24.0 Å². The van der Waals surface area contributed by atoms with Gasteiger partial charge in [-0.25, -0.2) is 13.9 Å². The van der Waals surface area contributed by atoms with Gasteiger partial charge in [-0.05, 0) is 37.6 Å². The fourth-order valence-electron chi connectivity index (χ4n) is 2.08. The van der Waals surface area contributed by atoms with Gasteiger partial charge in [0.25, 0.3) is 0 Å². The molecule has 0 aliphatic heterocycles. The van der Waals surface area contributed by atoms with Gasteiger partial charge in [-0.2, -0.15) is 5.10 Å². The average molecular weight is 275 g/mol. The first-order chi connectivity index (χ1) is 9.19. The Hall–Kier alpha value is -1.75. The van der Waals surface area contributed by atoms with Gasteiger partial charge < -0.3 is 0 Å². The number of hydrogen-bond acceptors (Lipinski definition) is 3. The molecule has 5 heteroatoms. The van der Waals surface area contributed by atoms with Crippen LogP contribution in [0.4, 0.5) is 4.39 Å². The Morgan fingerprint density at radius 3 is 2.63 bits per heavy atom. The van der Waals surface area contributed by atoms with Gasteiger partial charge in [-0.1, -0.05) is 18.3 Å². The van der Waals surface area contributed by atoms with Crippen LogP contribution in [0, 0.1) is 12.7 Å². The third-order valence-electron chi connectivity index (χ3n) is 3.05. The van der Waals surface area contributed by atoms with Crippen molar-refractivity contribution in [3.05, 3.63) is 40.8 Å². The number of nitrogens with zero attached hydrogens (tertiary/aromatic N) is 3. The van der Waals surface area contributed by atoms with Gasteiger partial charge >= 0.3 is 0 Å². The molecule has 0 fully saturated rings. The monoisotopic (exact) mass is 275 g/mol. The number of benzene rings is 1. The summed E-state index contributed by atoms with van der Waals surface area (Å²) in [6.07, 6.45) is 2.07. The van der Waals surface area contributed by atoms with E-state index in [2.05, 4.69) is 17.0 Å². The molecule has 3 aromatic rings. The zero-order chi connectivity index (χ0) is 13.4. The number of rotatable bonds is 3. The van der Waals surface area contributed by atoms with Crippen molar-refractivity contribution in [1.82, 2.24) is 14.6 Å². The van der Waals surface area contributed by atoms with Crippen LogP contribution in [0.25, 0.3) is 16.2 Å². The first-order valence-corrected chi connectivity index (χ1v) is 7.11. The second-order valence-corrected chi connectivity index (χ2v) is 5.53. The number of aromatic nitrogens is 3. The maximum Gasteiger partial charge on any atom is 0.212 e. The smallest absolute Gasteiger partial charge is 0.212 e. The Labute approximate surface area is 114 Å². The van der Waals surface area contributed by atoms with Gasteiger partial charge in [0, 0.05) is 12.0 Å². The summed E-state index contributed by atoms with van der Waals surface area (Å²) in [4.78, 5) is 5.51. The van der Waals surface area contributed by atoms with Gasteiger partial charge in [0.2, 0.25) is 4.96 Å². The molecular weight excluding hydrogens is 261 g/mol. The van der Waals surface area contributed by atoms with Crippen molar-refractivity contribution in [2.24, 2.45) is 0 Å². The van der Waals surface area contributed by atoms with E-state index in [1.807, 2.05) is 11.4 Å². The Balaban J connectivity index is 2.07. The molecule has 0 spiro atoms. The fraction of sp³-hybridized carbons (Fsp3) is 0.286. The van der Waals surface area contributed by atoms with E-state index in [-0.39, 0.29) is 5.82 Å². The zero-order valence-corrected chi connectivity index (χ0v) is 11.7. The molecule has 0 unspecified atom stereocenters. The van der Waals surface area contributed by atoms with Crippen molar-refractivity contribution in [1.29, 1.82) is 0 Å². The second-order valence-electron chi connectivity index (χ2n) is 4.49. The highest BCUT2D eigenvalue weighted by molar-refractivity contribution is 7.16. The highest BCUT2D eigenvalue weighted by atomic mass is 32.1. The standard InChI is InChI=1S/C14H14FN3S/c1-3-4-12-17-18-9(2)13(16-14(18)19-12)10-5-7-11(15)8-6-10/h5-8H,3-4H2,1-2H3. The van der Waals surface area contributed by atoms with E-state index in [1.54, 1.807) is 23.5 Å². The number of hydrogen-bond donors (Lipinski definition) is 0. The third-order valence-corrected chi connectivity index (χ3v) is 4.02. The predicted molar refractivity (Wildman–Crippen MR) is 75.0 cm³/mol. The summed E-state index contributed by atoms with van der Waals surface area (Å²) < 4.78 is 14.8. The molecule has 0 N–H and O–H groups in total. The lowest BCUT2D eigenvalue weighted by Crippen LogP contribution is -1.91. The topological polar surface area (TPSA) is 30.2 Å². The molecule has 3 rings (SSSR count). The molecule has 1 aromatic carbocycles. The maximum absolute atomic E-state index is 12.9. The van der Waals surface area contributed by atoms with Crippen LogP contribution in [-0.4, -0.2) is 14.6 Å². The molecule has 2 heterocycles. The summed E-state index contributed by atoms with van der Waals surface area (Å²) in [6, 6.07) is 6.42. The lowest BCUT2D eigenvalue weighted by atomic mass is 10.1. The first kappa shape index (κ1) is 12.3. The lowest BCUT2D eigenvalue weighted by Gasteiger charge is -1.98. The quantitative estimate of drug-likeness (QED) is 0.726. The number of fused-ring (bicyclic) bond motifs is 1. The molecule has 98 valence electrons. The Morgan fingerprint density at radius 2 is 2.00 bits per heavy atom. The second kappa shape index (κ2) is 4.74. The normalized spacial score (nSPS) is 11.3. The van der Waals surface area contributed by atoms with E-state index in [0.717, 1.165) is 39.8 Å². The predicted octanol–water partition coefficient (Wildman–Crippen LogP) is 3.86. The van der Waals surface area contributed by atoms with Crippen molar-refractivity contribution in [2.45, 2.75) is 26.7 Å². The van der Waals surface area contributed by atoms with Crippen LogP contribution in [0.5, 0.6) is 0 Å². The average Bonchev–Trinajstić information content (AvgIpc) is 2.91. The lowest BCUT2D eigenvalue weighted by molar-refractivity contribution is 0.628. The molecule has 2 aromatic heterocycles. The van der Waals surface area contributed by atoms with E-state index in [0.29, 0.717) is 0 Å². The van der Waals surface area contributed by atoms with Crippen LogP contribution >= 0.6 is 11.3 Å². The molecule has 0 radical (unpaired) electrons. The van der Waals surface area contributed by atoms with Crippen molar-refractivity contribution < 1.29 is 4.39 Å². The van der Waals surface area contributed by atoms with Gasteiger partial charge in [0.15, 0.2) is 0 Å². The van der Waals surface area contributed by atoms with Crippen LogP contribution in [-0.2, 0) is 6.42 Å². The summed E-state index contributed by atoms with van der Waals surface area (Å²) in [5.41, 5.74) is 2.80. The van der Waals surface area contributed by atoms with Gasteiger partial charge in [-0.15, -0.1) is 0 Å². The minimum Gasteiger partial charge on any atom is -0.217 e. The first-order valence-electron chi connectivity index (χ1n) is 6.30. The van der Waals surface area contributed by atoms with Crippen LogP contribution in [0.2, 0.25) is 0 Å². The van der Waals surface area contributed by atoms with Crippen LogP contribution in [0.15, 0.2) is 24.3 Å². The van der Waals surface area contributed by atoms with E-state index in [9.17, 15) is 4.39 Å². The molecule has 0 saturated carbocycles. The van der Waals surface area contributed by atoms with Crippen LogP contribution in [0.3, 0.4) is 0 Å². The third kappa shape index (κ3) is 2.14. The molecule has 3 nitrogen and oxygen atoms in total. The van der Waals surface area contributed by atoms with Crippen molar-refractivity contribution >= 4 is 16.3 Å². The molecular formula is C14H14FN3S. The minimum atomic E-state index is -0.231. The number of aryl methyl sites for hydroxylation is 2. The summed E-state index contributed by atoms with van der Waals surface area (Å²) in [5.74, 6) is -0.231. The van der Waals surface area contributed by atoms with Crippen molar-refractivity contribution in [3.8, 4) is 11.3 Å². The minimum absolute atomic E-state index is 0.231. The fourth-order valence-corrected chi connectivity index (χ4v) is 3.13. The maximum atomic E-state index is 12.9. The number of halogens is 1. The van der Waals surface area contributed by atoms with Gasteiger partial charge in [-0.3, -0.25) is 0 Å². The number of imidazole rings is 1. The van der Waals surface area contributed by atoms with E-state index in [1.165, 1.54) is 12.1 Å². The molecule has 0 saturated heterocycles. The molecule has 19 heavy (non-hydrogen) atoms. The summed E-state index contributed by atoms with van der Waals surface area (Å²) in [7, 11) is 0. The van der Waals surface area contributed by atoms with Crippen LogP contribution < -0.4 is 0 Å². The van der Waals surface area contributed by atoms with Crippen molar-refractivity contribution in [3.63, 3.8) is 0 Å². The molecule has 0 aliphatic rings. The summed E-state index contributed by atoms with van der Waals surface area (Å²) in [6.45, 7) is 4.13. The zero-order valence-electron chi connectivity index (χ0n) is 10.9. The highest BCUT2D eigenvalue weighted by Crippen LogP contribution is 2.26.